The summed E-state index contributed by atoms with van der Waals surface area (Å²) in [5.74, 6) is -0.359. The molecule has 1 aromatic rings. The molecule has 2 rings (SSSR count). The topological polar surface area (TPSA) is 44.1 Å². The Bertz CT molecular complexity index is 566. The van der Waals surface area contributed by atoms with E-state index in [0.717, 1.165) is 12.8 Å². The lowest BCUT2D eigenvalue weighted by molar-refractivity contribution is -0.128. The SMILES string of the molecule is C/C(=C\c1ccccc1F)C(=O)N1CCC(C#N)CC1. The van der Waals surface area contributed by atoms with Gasteiger partial charge in [0, 0.05) is 30.1 Å². The monoisotopic (exact) mass is 272 g/mol. The minimum Gasteiger partial charge on any atom is -0.339 e. The fourth-order valence-corrected chi connectivity index (χ4v) is 2.35. The maximum Gasteiger partial charge on any atom is 0.249 e. The molecule has 0 atom stereocenters. The van der Waals surface area contributed by atoms with Crippen LogP contribution in [0.2, 0.25) is 0 Å². The summed E-state index contributed by atoms with van der Waals surface area (Å²) in [5, 5.41) is 8.84. The molecule has 1 aromatic carbocycles. The highest BCUT2D eigenvalue weighted by atomic mass is 19.1. The zero-order valence-electron chi connectivity index (χ0n) is 11.5. The fourth-order valence-electron chi connectivity index (χ4n) is 2.35. The van der Waals surface area contributed by atoms with Crippen LogP contribution in [-0.4, -0.2) is 23.9 Å². The number of nitrogens with zero attached hydrogens (tertiary/aromatic N) is 2. The zero-order valence-corrected chi connectivity index (χ0v) is 11.5. The molecule has 1 aliphatic rings. The van der Waals surface area contributed by atoms with Crippen molar-refractivity contribution in [1.29, 1.82) is 5.26 Å². The van der Waals surface area contributed by atoms with Gasteiger partial charge < -0.3 is 4.90 Å². The van der Waals surface area contributed by atoms with Gasteiger partial charge in [0.1, 0.15) is 5.82 Å². The fraction of sp³-hybridized carbons (Fsp3) is 0.375. The molecule has 3 nitrogen and oxygen atoms in total. The maximum absolute atomic E-state index is 13.5. The first-order valence-corrected chi connectivity index (χ1v) is 6.73. The Morgan fingerprint density at radius 3 is 2.65 bits per heavy atom. The van der Waals surface area contributed by atoms with Crippen molar-refractivity contribution in [2.24, 2.45) is 5.92 Å². The molecule has 20 heavy (non-hydrogen) atoms. The average Bonchev–Trinajstić information content (AvgIpc) is 2.49. The van der Waals surface area contributed by atoms with Gasteiger partial charge in [0.25, 0.3) is 0 Å². The van der Waals surface area contributed by atoms with Crippen molar-refractivity contribution in [3.05, 3.63) is 41.2 Å². The molecule has 4 heteroatoms. The first-order valence-electron chi connectivity index (χ1n) is 6.73. The zero-order chi connectivity index (χ0) is 14.5. The molecule has 0 spiro atoms. The van der Waals surface area contributed by atoms with Crippen molar-refractivity contribution in [2.75, 3.05) is 13.1 Å². The first kappa shape index (κ1) is 14.3. The highest BCUT2D eigenvalue weighted by Crippen LogP contribution is 2.19. The Hall–Kier alpha value is -2.15. The smallest absolute Gasteiger partial charge is 0.249 e. The van der Waals surface area contributed by atoms with Crippen LogP contribution in [0.1, 0.15) is 25.3 Å². The number of halogens is 1. The summed E-state index contributed by atoms with van der Waals surface area (Å²) in [5.41, 5.74) is 0.941. The van der Waals surface area contributed by atoms with E-state index in [1.807, 2.05) is 0 Å². The van der Waals surface area contributed by atoms with Crippen molar-refractivity contribution in [2.45, 2.75) is 19.8 Å². The van der Waals surface area contributed by atoms with Crippen LogP contribution in [0.15, 0.2) is 29.8 Å². The van der Waals surface area contributed by atoms with E-state index in [1.54, 1.807) is 36.1 Å². The minimum atomic E-state index is -0.331. The van der Waals surface area contributed by atoms with E-state index in [-0.39, 0.29) is 17.6 Å². The number of rotatable bonds is 2. The van der Waals surface area contributed by atoms with E-state index in [9.17, 15) is 9.18 Å². The number of hydrogen-bond donors (Lipinski definition) is 0. The number of amides is 1. The quantitative estimate of drug-likeness (QED) is 0.777. The Kier molecular flexibility index (Phi) is 4.52. The Morgan fingerprint density at radius 1 is 1.40 bits per heavy atom. The van der Waals surface area contributed by atoms with Crippen LogP contribution in [-0.2, 0) is 4.79 Å². The third-order valence-electron chi connectivity index (χ3n) is 3.58. The first-order chi connectivity index (χ1) is 9.61. The largest absolute Gasteiger partial charge is 0.339 e. The Labute approximate surface area is 118 Å². The molecule has 1 heterocycles. The van der Waals surface area contributed by atoms with Crippen LogP contribution in [0.25, 0.3) is 6.08 Å². The number of likely N-dealkylation sites (tertiary alicyclic amines) is 1. The van der Waals surface area contributed by atoms with Crippen molar-refractivity contribution in [3.63, 3.8) is 0 Å². The van der Waals surface area contributed by atoms with Gasteiger partial charge in [0.15, 0.2) is 0 Å². The molecule has 1 amide bonds. The highest BCUT2D eigenvalue weighted by molar-refractivity contribution is 5.97. The molecule has 0 saturated carbocycles. The summed E-state index contributed by atoms with van der Waals surface area (Å²) in [4.78, 5) is 14.0. The van der Waals surface area contributed by atoms with Gasteiger partial charge in [-0.25, -0.2) is 4.39 Å². The van der Waals surface area contributed by atoms with Crippen LogP contribution in [0.3, 0.4) is 0 Å². The number of nitriles is 1. The minimum absolute atomic E-state index is 0.0508. The molecule has 0 aromatic heterocycles. The highest BCUT2D eigenvalue weighted by Gasteiger charge is 2.23. The van der Waals surface area contributed by atoms with Crippen molar-refractivity contribution < 1.29 is 9.18 Å². The molecule has 0 bridgehead atoms. The molecule has 1 aliphatic heterocycles. The van der Waals surface area contributed by atoms with Gasteiger partial charge >= 0.3 is 0 Å². The van der Waals surface area contributed by atoms with Crippen LogP contribution in [0.4, 0.5) is 4.39 Å². The van der Waals surface area contributed by atoms with Gasteiger partial charge in [-0.2, -0.15) is 5.26 Å². The van der Waals surface area contributed by atoms with Gasteiger partial charge in [0.05, 0.1) is 6.07 Å². The predicted molar refractivity (Wildman–Crippen MR) is 75.0 cm³/mol. The molecular weight excluding hydrogens is 255 g/mol. The van der Waals surface area contributed by atoms with Crippen molar-refractivity contribution in [1.82, 2.24) is 4.90 Å². The standard InChI is InChI=1S/C16H17FN2O/c1-12(10-14-4-2-3-5-15(14)17)16(20)19-8-6-13(11-18)7-9-19/h2-5,10,13H,6-9H2,1H3/b12-10+. The normalized spacial score (nSPS) is 16.9. The summed E-state index contributed by atoms with van der Waals surface area (Å²) >= 11 is 0. The molecule has 0 aliphatic carbocycles. The predicted octanol–water partition coefficient (Wildman–Crippen LogP) is 2.99. The summed E-state index contributed by atoms with van der Waals surface area (Å²) < 4.78 is 13.5. The van der Waals surface area contributed by atoms with E-state index in [2.05, 4.69) is 6.07 Å². The molecule has 0 unspecified atom stereocenters. The van der Waals surface area contributed by atoms with Gasteiger partial charge in [0.2, 0.25) is 5.91 Å². The second-order valence-electron chi connectivity index (χ2n) is 5.04. The molecular formula is C16H17FN2O. The van der Waals surface area contributed by atoms with Crippen LogP contribution >= 0.6 is 0 Å². The van der Waals surface area contributed by atoms with Gasteiger partial charge in [-0.15, -0.1) is 0 Å². The van der Waals surface area contributed by atoms with Crippen LogP contribution in [0, 0.1) is 23.1 Å². The lowest BCUT2D eigenvalue weighted by atomic mass is 9.98. The van der Waals surface area contributed by atoms with E-state index >= 15 is 0 Å². The lowest BCUT2D eigenvalue weighted by Crippen LogP contribution is -2.38. The number of carbonyl (C=O) groups is 1. The molecule has 1 saturated heterocycles. The van der Waals surface area contributed by atoms with E-state index in [0.29, 0.717) is 24.2 Å². The van der Waals surface area contributed by atoms with Gasteiger partial charge in [-0.1, -0.05) is 18.2 Å². The summed E-state index contributed by atoms with van der Waals surface area (Å²) in [6.45, 7) is 2.89. The maximum atomic E-state index is 13.5. The third-order valence-corrected chi connectivity index (χ3v) is 3.58. The van der Waals surface area contributed by atoms with Crippen molar-refractivity contribution in [3.8, 4) is 6.07 Å². The van der Waals surface area contributed by atoms with Crippen LogP contribution in [0.5, 0.6) is 0 Å². The van der Waals surface area contributed by atoms with Gasteiger partial charge in [-0.05, 0) is 31.9 Å². The van der Waals surface area contributed by atoms with E-state index in [4.69, 9.17) is 5.26 Å². The number of benzene rings is 1. The Balaban J connectivity index is 2.06. The van der Waals surface area contributed by atoms with Gasteiger partial charge in [-0.3, -0.25) is 4.79 Å². The molecule has 0 radical (unpaired) electrons. The van der Waals surface area contributed by atoms with Crippen LogP contribution < -0.4 is 0 Å². The van der Waals surface area contributed by atoms with E-state index < -0.39 is 0 Å². The average molecular weight is 272 g/mol. The molecule has 104 valence electrons. The lowest BCUT2D eigenvalue weighted by Gasteiger charge is -2.29. The third kappa shape index (κ3) is 3.24. The second kappa shape index (κ2) is 6.33. The Morgan fingerprint density at radius 2 is 2.05 bits per heavy atom. The number of piperidine rings is 1. The number of carbonyl (C=O) groups excluding carboxylic acids is 1. The number of hydrogen-bond acceptors (Lipinski definition) is 2. The second-order valence-corrected chi connectivity index (χ2v) is 5.04. The molecule has 0 N–H and O–H groups in total. The molecule has 1 fully saturated rings. The van der Waals surface area contributed by atoms with E-state index in [1.165, 1.54) is 6.07 Å². The van der Waals surface area contributed by atoms with Crippen molar-refractivity contribution >= 4 is 12.0 Å². The summed E-state index contributed by atoms with van der Waals surface area (Å²) in [6.07, 6.45) is 3.01. The summed E-state index contributed by atoms with van der Waals surface area (Å²) in [7, 11) is 0. The summed E-state index contributed by atoms with van der Waals surface area (Å²) in [6, 6.07) is 8.62.